The zero-order valence-corrected chi connectivity index (χ0v) is 23.9. The Morgan fingerprint density at radius 1 is 1.02 bits per heavy atom. The molecule has 2 aromatic carbocycles. The van der Waals surface area contributed by atoms with E-state index in [4.69, 9.17) is 14.5 Å². The molecule has 0 atom stereocenters. The Hall–Kier alpha value is -4.49. The van der Waals surface area contributed by atoms with Gasteiger partial charge in [0.2, 0.25) is 5.88 Å². The number of imidazole rings is 1. The molecule has 5 rings (SSSR count). The Balaban J connectivity index is 1.57. The van der Waals surface area contributed by atoms with Crippen LogP contribution in [-0.4, -0.2) is 28.1 Å². The molecule has 0 aliphatic heterocycles. The molecular weight excluding hydrogens is 524 g/mol. The minimum Gasteiger partial charge on any atom is -0.337 e. The molecule has 3 aromatic heterocycles. The molecule has 0 fully saturated rings. The summed E-state index contributed by atoms with van der Waals surface area (Å²) in [5, 5.41) is 13.5. The number of nitrogens with zero attached hydrogens (tertiary/aromatic N) is 5. The fraction of sp³-hybridized carbons (Fsp3) is 0.267. The fourth-order valence-electron chi connectivity index (χ4n) is 4.92. The van der Waals surface area contributed by atoms with Gasteiger partial charge in [0.05, 0.1) is 29.6 Å². The van der Waals surface area contributed by atoms with Crippen LogP contribution in [-0.2, 0) is 29.4 Å². The van der Waals surface area contributed by atoms with Gasteiger partial charge in [0.15, 0.2) is 5.65 Å². The summed E-state index contributed by atoms with van der Waals surface area (Å²) in [4.78, 5) is 9.69. The first-order valence-electron chi connectivity index (χ1n) is 13.0. The van der Waals surface area contributed by atoms with Crippen LogP contribution in [0, 0.1) is 39.0 Å². The number of sulfonamides is 1. The summed E-state index contributed by atoms with van der Waals surface area (Å²) in [6.07, 6.45) is 0.869. The standard InChI is InChI=1S/C30H30N6O3S/c1-6-27-33-28-18(2)15-19(3)32-29(28)36(27)17-22-11-12-24(23(16-22)13-14-31)25-9-7-8-10-26(25)40(37,38)35-30-20(4)21(5)34-39-30/h7-12,15-16,35H,6,13,17H2,1-5H3. The third-order valence-electron chi connectivity index (χ3n) is 7.05. The molecule has 40 heavy (non-hydrogen) atoms. The predicted molar refractivity (Wildman–Crippen MR) is 153 cm³/mol. The van der Waals surface area contributed by atoms with Crippen LogP contribution in [0.15, 0.2) is 57.9 Å². The first-order valence-corrected chi connectivity index (χ1v) is 14.5. The van der Waals surface area contributed by atoms with Crippen LogP contribution in [0.4, 0.5) is 5.88 Å². The van der Waals surface area contributed by atoms with Crippen LogP contribution in [0.25, 0.3) is 22.3 Å². The van der Waals surface area contributed by atoms with Crippen molar-refractivity contribution in [2.75, 3.05) is 4.72 Å². The van der Waals surface area contributed by atoms with Gasteiger partial charge < -0.3 is 9.09 Å². The number of aromatic nitrogens is 4. The van der Waals surface area contributed by atoms with Crippen molar-refractivity contribution >= 4 is 27.1 Å². The molecule has 0 radical (unpaired) electrons. The van der Waals surface area contributed by atoms with Crippen LogP contribution in [0.5, 0.6) is 0 Å². The lowest BCUT2D eigenvalue weighted by molar-refractivity contribution is 0.430. The number of benzene rings is 2. The van der Waals surface area contributed by atoms with E-state index < -0.39 is 10.0 Å². The molecule has 0 saturated carbocycles. The molecule has 0 amide bonds. The van der Waals surface area contributed by atoms with Gasteiger partial charge in [-0.2, -0.15) is 5.26 Å². The topological polar surface area (TPSA) is 127 Å². The number of anilines is 1. The van der Waals surface area contributed by atoms with Gasteiger partial charge in [0.25, 0.3) is 10.0 Å². The largest absolute Gasteiger partial charge is 0.337 e. The van der Waals surface area contributed by atoms with E-state index >= 15 is 0 Å². The first-order chi connectivity index (χ1) is 19.1. The van der Waals surface area contributed by atoms with Crippen LogP contribution < -0.4 is 4.72 Å². The number of fused-ring (bicyclic) bond motifs is 1. The van der Waals surface area contributed by atoms with Crippen molar-refractivity contribution in [3.05, 3.63) is 88.0 Å². The minimum absolute atomic E-state index is 0.0817. The Labute approximate surface area is 233 Å². The highest BCUT2D eigenvalue weighted by Gasteiger charge is 2.24. The predicted octanol–water partition coefficient (Wildman–Crippen LogP) is 5.80. The van der Waals surface area contributed by atoms with Crippen molar-refractivity contribution < 1.29 is 12.9 Å². The van der Waals surface area contributed by atoms with E-state index in [1.807, 2.05) is 38.1 Å². The summed E-state index contributed by atoms with van der Waals surface area (Å²) in [5.74, 6) is 1.01. The summed E-state index contributed by atoms with van der Waals surface area (Å²) >= 11 is 0. The molecule has 1 N–H and O–H groups in total. The van der Waals surface area contributed by atoms with Gasteiger partial charge in [-0.25, -0.2) is 23.1 Å². The van der Waals surface area contributed by atoms with Gasteiger partial charge in [-0.3, -0.25) is 0 Å². The van der Waals surface area contributed by atoms with E-state index in [0.29, 0.717) is 28.9 Å². The van der Waals surface area contributed by atoms with E-state index in [1.54, 1.807) is 38.1 Å². The summed E-state index contributed by atoms with van der Waals surface area (Å²) < 4.78 is 36.8. The Morgan fingerprint density at radius 2 is 1.80 bits per heavy atom. The molecular formula is C30H30N6O3S. The molecule has 0 spiro atoms. The third-order valence-corrected chi connectivity index (χ3v) is 8.44. The highest BCUT2D eigenvalue weighted by Crippen LogP contribution is 2.33. The monoisotopic (exact) mass is 554 g/mol. The number of nitriles is 1. The van der Waals surface area contributed by atoms with Gasteiger partial charge in [0.1, 0.15) is 11.3 Å². The molecule has 5 aromatic rings. The summed E-state index contributed by atoms with van der Waals surface area (Å²) in [7, 11) is -4.01. The molecule has 0 aliphatic rings. The Morgan fingerprint density at radius 3 is 2.50 bits per heavy atom. The smallest absolute Gasteiger partial charge is 0.264 e. The molecule has 0 aliphatic carbocycles. The number of hydrogen-bond donors (Lipinski definition) is 1. The van der Waals surface area contributed by atoms with Gasteiger partial charge in [-0.1, -0.05) is 48.5 Å². The maximum absolute atomic E-state index is 13.5. The highest BCUT2D eigenvalue weighted by atomic mass is 32.2. The Bertz CT molecular complexity index is 1900. The van der Waals surface area contributed by atoms with E-state index in [0.717, 1.165) is 45.8 Å². The summed E-state index contributed by atoms with van der Waals surface area (Å²) in [6.45, 7) is 10.1. The van der Waals surface area contributed by atoms with Crippen molar-refractivity contribution in [3.8, 4) is 17.2 Å². The number of nitrogens with one attached hydrogen (secondary N) is 1. The molecule has 204 valence electrons. The Kier molecular flexibility index (Phi) is 7.17. The average molecular weight is 555 g/mol. The lowest BCUT2D eigenvalue weighted by Gasteiger charge is -2.16. The van der Waals surface area contributed by atoms with E-state index in [2.05, 4.69) is 27.4 Å². The molecule has 10 heteroatoms. The van der Waals surface area contributed by atoms with Crippen LogP contribution in [0.1, 0.15) is 46.4 Å². The molecule has 3 heterocycles. The summed E-state index contributed by atoms with van der Waals surface area (Å²) in [6, 6.07) is 16.8. The number of aryl methyl sites for hydroxylation is 4. The quantitative estimate of drug-likeness (QED) is 0.257. The minimum atomic E-state index is -4.01. The lowest BCUT2D eigenvalue weighted by Crippen LogP contribution is -2.14. The van der Waals surface area contributed by atoms with Crippen LogP contribution in [0.3, 0.4) is 0 Å². The van der Waals surface area contributed by atoms with Gasteiger partial charge in [-0.15, -0.1) is 0 Å². The SMILES string of the molecule is CCc1nc2c(C)cc(C)nc2n1Cc1ccc(-c2ccccc2S(=O)(=O)Nc2onc(C)c2C)c(CC#N)c1. The van der Waals surface area contributed by atoms with Crippen molar-refractivity contribution in [1.29, 1.82) is 5.26 Å². The fourth-order valence-corrected chi connectivity index (χ4v) is 6.19. The van der Waals surface area contributed by atoms with Crippen LogP contribution in [0.2, 0.25) is 0 Å². The van der Waals surface area contributed by atoms with Gasteiger partial charge in [0, 0.05) is 23.2 Å². The first kappa shape index (κ1) is 27.1. The van der Waals surface area contributed by atoms with Crippen molar-refractivity contribution in [1.82, 2.24) is 19.7 Å². The highest BCUT2D eigenvalue weighted by molar-refractivity contribution is 7.92. The van der Waals surface area contributed by atoms with E-state index in [9.17, 15) is 13.7 Å². The molecule has 0 saturated heterocycles. The third kappa shape index (κ3) is 4.96. The number of hydrogen-bond acceptors (Lipinski definition) is 7. The van der Waals surface area contributed by atoms with Gasteiger partial charge in [-0.05, 0) is 62.1 Å². The number of rotatable bonds is 8. The van der Waals surface area contributed by atoms with Crippen molar-refractivity contribution in [2.45, 2.75) is 58.9 Å². The van der Waals surface area contributed by atoms with Crippen molar-refractivity contribution in [3.63, 3.8) is 0 Å². The zero-order valence-electron chi connectivity index (χ0n) is 23.1. The number of pyridine rings is 1. The maximum atomic E-state index is 13.5. The second kappa shape index (κ2) is 10.6. The van der Waals surface area contributed by atoms with E-state index in [-0.39, 0.29) is 17.2 Å². The maximum Gasteiger partial charge on any atom is 0.264 e. The van der Waals surface area contributed by atoms with Gasteiger partial charge >= 0.3 is 0 Å². The van der Waals surface area contributed by atoms with E-state index in [1.165, 1.54) is 0 Å². The molecule has 9 nitrogen and oxygen atoms in total. The second-order valence-corrected chi connectivity index (χ2v) is 11.5. The average Bonchev–Trinajstić information content (AvgIpc) is 3.43. The normalized spacial score (nSPS) is 11.6. The molecule has 0 unspecified atom stereocenters. The summed E-state index contributed by atoms with van der Waals surface area (Å²) in [5.41, 5.74) is 7.83. The molecule has 0 bridgehead atoms. The zero-order chi connectivity index (χ0) is 28.6. The van der Waals surface area contributed by atoms with Crippen molar-refractivity contribution in [2.24, 2.45) is 0 Å². The second-order valence-electron chi connectivity index (χ2n) is 9.87. The van der Waals surface area contributed by atoms with Crippen LogP contribution >= 0.6 is 0 Å². The lowest BCUT2D eigenvalue weighted by atomic mass is 9.95.